The van der Waals surface area contributed by atoms with Crippen molar-refractivity contribution in [2.75, 3.05) is 5.73 Å². The van der Waals surface area contributed by atoms with E-state index in [1.807, 2.05) is 0 Å². The molecule has 3 rings (SSSR count). The van der Waals surface area contributed by atoms with Crippen molar-refractivity contribution in [2.45, 2.75) is 0 Å². The lowest BCUT2D eigenvalue weighted by Crippen LogP contribution is -1.89. The summed E-state index contributed by atoms with van der Waals surface area (Å²) in [6.45, 7) is 0. The molecule has 0 fully saturated rings. The van der Waals surface area contributed by atoms with Crippen LogP contribution in [0.15, 0.2) is 45.7 Å². The standard InChI is InChI=1S/C12H8FN3O2/c13-10-2-1-8(14)5-9(10)12-15-11(16-18-12)7-3-4-17-6-7/h1-6H,14H2. The Kier molecular flexibility index (Phi) is 2.33. The van der Waals surface area contributed by atoms with Crippen LogP contribution in [0.5, 0.6) is 0 Å². The number of nitrogen functional groups attached to an aromatic ring is 1. The summed E-state index contributed by atoms with van der Waals surface area (Å²) in [6.07, 6.45) is 2.97. The van der Waals surface area contributed by atoms with Crippen LogP contribution in [0.3, 0.4) is 0 Å². The van der Waals surface area contributed by atoms with Crippen LogP contribution in [0.25, 0.3) is 22.8 Å². The molecule has 0 aliphatic carbocycles. The minimum absolute atomic E-state index is 0.0796. The highest BCUT2D eigenvalue weighted by atomic mass is 19.1. The molecular weight excluding hydrogens is 237 g/mol. The molecule has 0 bridgehead atoms. The Morgan fingerprint density at radius 2 is 2.11 bits per heavy atom. The molecule has 0 aliphatic heterocycles. The van der Waals surface area contributed by atoms with Crippen LogP contribution in [0.4, 0.5) is 10.1 Å². The molecule has 0 saturated heterocycles. The van der Waals surface area contributed by atoms with Crippen LogP contribution in [0.1, 0.15) is 0 Å². The van der Waals surface area contributed by atoms with E-state index >= 15 is 0 Å². The van der Waals surface area contributed by atoms with Gasteiger partial charge in [-0.1, -0.05) is 5.16 Å². The molecule has 0 spiro atoms. The maximum atomic E-state index is 13.6. The molecular formula is C12H8FN3O2. The molecule has 90 valence electrons. The van der Waals surface area contributed by atoms with Crippen molar-refractivity contribution in [3.63, 3.8) is 0 Å². The molecule has 0 radical (unpaired) electrons. The molecule has 2 N–H and O–H groups in total. The number of nitrogens with two attached hydrogens (primary N) is 1. The Labute approximate surface area is 101 Å². The lowest BCUT2D eigenvalue weighted by molar-refractivity contribution is 0.429. The van der Waals surface area contributed by atoms with E-state index in [1.54, 1.807) is 6.07 Å². The van der Waals surface area contributed by atoms with E-state index in [2.05, 4.69) is 10.1 Å². The number of hydrogen-bond donors (Lipinski definition) is 1. The molecule has 0 atom stereocenters. The van der Waals surface area contributed by atoms with Crippen LogP contribution in [0.2, 0.25) is 0 Å². The summed E-state index contributed by atoms with van der Waals surface area (Å²) < 4.78 is 23.5. The van der Waals surface area contributed by atoms with Gasteiger partial charge in [-0.05, 0) is 24.3 Å². The van der Waals surface area contributed by atoms with Gasteiger partial charge in [-0.15, -0.1) is 0 Å². The fraction of sp³-hybridized carbons (Fsp3) is 0. The first kappa shape index (κ1) is 10.5. The summed E-state index contributed by atoms with van der Waals surface area (Å²) in [7, 11) is 0. The smallest absolute Gasteiger partial charge is 0.261 e. The lowest BCUT2D eigenvalue weighted by Gasteiger charge is -1.98. The van der Waals surface area contributed by atoms with Crippen molar-refractivity contribution < 1.29 is 13.3 Å². The predicted molar refractivity (Wildman–Crippen MR) is 61.8 cm³/mol. The van der Waals surface area contributed by atoms with Gasteiger partial charge in [0.2, 0.25) is 5.82 Å². The van der Waals surface area contributed by atoms with Gasteiger partial charge in [0.1, 0.15) is 12.1 Å². The second-order valence-electron chi connectivity index (χ2n) is 3.67. The van der Waals surface area contributed by atoms with E-state index in [1.165, 1.54) is 30.7 Å². The fourth-order valence-electron chi connectivity index (χ4n) is 1.55. The molecule has 2 aromatic heterocycles. The van der Waals surface area contributed by atoms with Gasteiger partial charge in [0.25, 0.3) is 5.89 Å². The van der Waals surface area contributed by atoms with Gasteiger partial charge in [0.15, 0.2) is 0 Å². The Morgan fingerprint density at radius 1 is 1.22 bits per heavy atom. The number of rotatable bonds is 2. The molecule has 0 unspecified atom stereocenters. The average Bonchev–Trinajstić information content (AvgIpc) is 3.00. The maximum Gasteiger partial charge on any atom is 0.261 e. The van der Waals surface area contributed by atoms with Crippen LogP contribution < -0.4 is 5.73 Å². The van der Waals surface area contributed by atoms with E-state index < -0.39 is 5.82 Å². The molecule has 18 heavy (non-hydrogen) atoms. The van der Waals surface area contributed by atoms with Gasteiger partial charge in [0.05, 0.1) is 17.4 Å². The molecule has 6 heteroatoms. The van der Waals surface area contributed by atoms with Crippen LogP contribution in [-0.2, 0) is 0 Å². The summed E-state index contributed by atoms with van der Waals surface area (Å²) in [5.41, 5.74) is 6.86. The lowest BCUT2D eigenvalue weighted by atomic mass is 10.2. The first-order valence-corrected chi connectivity index (χ1v) is 5.16. The molecule has 1 aromatic carbocycles. The summed E-state index contributed by atoms with van der Waals surface area (Å²) in [5, 5.41) is 3.75. The van der Waals surface area contributed by atoms with E-state index in [0.717, 1.165) is 0 Å². The predicted octanol–water partition coefficient (Wildman–Crippen LogP) is 2.72. The van der Waals surface area contributed by atoms with E-state index in [4.69, 9.17) is 14.7 Å². The molecule has 5 nitrogen and oxygen atoms in total. The van der Waals surface area contributed by atoms with Gasteiger partial charge in [0, 0.05) is 5.69 Å². The number of hydrogen-bond acceptors (Lipinski definition) is 5. The largest absolute Gasteiger partial charge is 0.472 e. The van der Waals surface area contributed by atoms with Crippen molar-refractivity contribution in [3.05, 3.63) is 42.6 Å². The number of anilines is 1. The summed E-state index contributed by atoms with van der Waals surface area (Å²) in [4.78, 5) is 4.09. The quantitative estimate of drug-likeness (QED) is 0.702. The number of nitrogens with zero attached hydrogens (tertiary/aromatic N) is 2. The first-order valence-electron chi connectivity index (χ1n) is 5.16. The molecule has 2 heterocycles. The van der Waals surface area contributed by atoms with Crippen molar-refractivity contribution in [3.8, 4) is 22.8 Å². The van der Waals surface area contributed by atoms with Crippen LogP contribution in [-0.4, -0.2) is 10.1 Å². The van der Waals surface area contributed by atoms with E-state index in [0.29, 0.717) is 17.1 Å². The van der Waals surface area contributed by atoms with Gasteiger partial charge in [-0.3, -0.25) is 0 Å². The second-order valence-corrected chi connectivity index (χ2v) is 3.67. The third-order valence-electron chi connectivity index (χ3n) is 2.43. The van der Waals surface area contributed by atoms with Crippen LogP contribution >= 0.6 is 0 Å². The minimum Gasteiger partial charge on any atom is -0.472 e. The topological polar surface area (TPSA) is 78.1 Å². The maximum absolute atomic E-state index is 13.6. The highest BCUT2D eigenvalue weighted by Crippen LogP contribution is 2.26. The van der Waals surface area contributed by atoms with Gasteiger partial charge >= 0.3 is 0 Å². The normalized spacial score (nSPS) is 10.7. The summed E-state index contributed by atoms with van der Waals surface area (Å²) >= 11 is 0. The third kappa shape index (κ3) is 1.73. The Hall–Kier alpha value is -2.63. The Morgan fingerprint density at radius 3 is 2.89 bits per heavy atom. The van der Waals surface area contributed by atoms with Crippen molar-refractivity contribution >= 4 is 5.69 Å². The number of halogens is 1. The molecule has 0 saturated carbocycles. The van der Waals surface area contributed by atoms with Crippen molar-refractivity contribution in [1.29, 1.82) is 0 Å². The Balaban J connectivity index is 2.05. The van der Waals surface area contributed by atoms with Gasteiger partial charge in [-0.2, -0.15) is 4.98 Å². The average molecular weight is 245 g/mol. The van der Waals surface area contributed by atoms with E-state index in [9.17, 15) is 4.39 Å². The minimum atomic E-state index is -0.466. The van der Waals surface area contributed by atoms with E-state index in [-0.39, 0.29) is 11.5 Å². The fourth-order valence-corrected chi connectivity index (χ4v) is 1.55. The highest BCUT2D eigenvalue weighted by Gasteiger charge is 2.15. The van der Waals surface area contributed by atoms with Crippen molar-refractivity contribution in [2.24, 2.45) is 0 Å². The summed E-state index contributed by atoms with van der Waals surface area (Å²) in [6, 6.07) is 5.85. The highest BCUT2D eigenvalue weighted by molar-refractivity contribution is 5.63. The number of aromatic nitrogens is 2. The number of furan rings is 1. The van der Waals surface area contributed by atoms with Crippen LogP contribution in [0, 0.1) is 5.82 Å². The summed E-state index contributed by atoms with van der Waals surface area (Å²) in [5.74, 6) is -0.0526. The third-order valence-corrected chi connectivity index (χ3v) is 2.43. The number of benzene rings is 1. The van der Waals surface area contributed by atoms with Gasteiger partial charge in [-0.25, -0.2) is 4.39 Å². The van der Waals surface area contributed by atoms with Gasteiger partial charge < -0.3 is 14.7 Å². The SMILES string of the molecule is Nc1ccc(F)c(-c2nc(-c3ccoc3)no2)c1. The Bertz CT molecular complexity index is 676. The molecule has 0 amide bonds. The zero-order chi connectivity index (χ0) is 12.5. The monoisotopic (exact) mass is 245 g/mol. The second kappa shape index (κ2) is 3.99. The van der Waals surface area contributed by atoms with Crippen molar-refractivity contribution in [1.82, 2.24) is 10.1 Å². The first-order chi connectivity index (χ1) is 8.74. The zero-order valence-corrected chi connectivity index (χ0v) is 9.13. The molecule has 3 aromatic rings. The molecule has 0 aliphatic rings. The zero-order valence-electron chi connectivity index (χ0n) is 9.13.